The highest BCUT2D eigenvalue weighted by Gasteiger charge is 2.34. The molecule has 100 valence electrons. The largest absolute Gasteiger partial charge is 0.311 e. The normalized spacial score (nSPS) is 37.1. The van der Waals surface area contributed by atoms with Gasteiger partial charge in [0.25, 0.3) is 0 Å². The Hall–Kier alpha value is -0.0800. The standard InChI is InChI=1S/C15H30N2/c1-12-7-5-6-8-13(12)17-10-9-16-14(11-17)15(2,3)4/h12-14,16H,5-11H2,1-4H3. The average molecular weight is 238 g/mol. The first-order valence-corrected chi connectivity index (χ1v) is 7.46. The predicted octanol–water partition coefficient (Wildman–Crippen LogP) is 2.89. The maximum absolute atomic E-state index is 3.70. The molecule has 0 bridgehead atoms. The van der Waals surface area contributed by atoms with Crippen molar-refractivity contribution in [1.82, 2.24) is 10.2 Å². The van der Waals surface area contributed by atoms with E-state index in [0.29, 0.717) is 11.5 Å². The van der Waals surface area contributed by atoms with E-state index >= 15 is 0 Å². The van der Waals surface area contributed by atoms with E-state index in [4.69, 9.17) is 0 Å². The SMILES string of the molecule is CC1CCCCC1N1CCNC(C(C)(C)C)C1. The van der Waals surface area contributed by atoms with Gasteiger partial charge in [0.05, 0.1) is 0 Å². The topological polar surface area (TPSA) is 15.3 Å². The Morgan fingerprint density at radius 3 is 2.47 bits per heavy atom. The molecule has 1 heterocycles. The zero-order valence-electron chi connectivity index (χ0n) is 12.1. The maximum atomic E-state index is 3.70. The minimum atomic E-state index is 0.385. The summed E-state index contributed by atoms with van der Waals surface area (Å²) < 4.78 is 0. The van der Waals surface area contributed by atoms with E-state index < -0.39 is 0 Å². The summed E-state index contributed by atoms with van der Waals surface area (Å²) >= 11 is 0. The molecule has 2 fully saturated rings. The predicted molar refractivity (Wildman–Crippen MR) is 74.2 cm³/mol. The van der Waals surface area contributed by atoms with Gasteiger partial charge in [0.2, 0.25) is 0 Å². The Balaban J connectivity index is 1.96. The summed E-state index contributed by atoms with van der Waals surface area (Å²) in [7, 11) is 0. The first-order chi connectivity index (χ1) is 7.98. The molecule has 0 spiro atoms. The lowest BCUT2D eigenvalue weighted by Crippen LogP contribution is -2.59. The molecule has 0 aromatic heterocycles. The van der Waals surface area contributed by atoms with E-state index in [1.165, 1.54) is 45.3 Å². The molecule has 1 aliphatic heterocycles. The van der Waals surface area contributed by atoms with E-state index in [2.05, 4.69) is 37.9 Å². The fraction of sp³-hybridized carbons (Fsp3) is 1.00. The van der Waals surface area contributed by atoms with Crippen molar-refractivity contribution >= 4 is 0 Å². The molecular formula is C15H30N2. The average Bonchev–Trinajstić information content (AvgIpc) is 2.29. The van der Waals surface area contributed by atoms with Crippen LogP contribution in [0.5, 0.6) is 0 Å². The van der Waals surface area contributed by atoms with Crippen molar-refractivity contribution in [1.29, 1.82) is 0 Å². The van der Waals surface area contributed by atoms with E-state index in [9.17, 15) is 0 Å². The van der Waals surface area contributed by atoms with Gasteiger partial charge < -0.3 is 5.32 Å². The van der Waals surface area contributed by atoms with E-state index in [0.717, 1.165) is 12.0 Å². The Bertz CT molecular complexity index is 244. The van der Waals surface area contributed by atoms with Crippen LogP contribution in [0, 0.1) is 11.3 Å². The van der Waals surface area contributed by atoms with Gasteiger partial charge in [0, 0.05) is 31.7 Å². The Morgan fingerprint density at radius 1 is 1.12 bits per heavy atom. The second-order valence-electron chi connectivity index (χ2n) is 7.20. The summed E-state index contributed by atoms with van der Waals surface area (Å²) in [4.78, 5) is 2.77. The smallest absolute Gasteiger partial charge is 0.0244 e. The summed E-state index contributed by atoms with van der Waals surface area (Å²) in [5.74, 6) is 0.905. The molecule has 1 saturated carbocycles. The van der Waals surface area contributed by atoms with Crippen molar-refractivity contribution in [2.75, 3.05) is 19.6 Å². The Kier molecular flexibility index (Phi) is 4.14. The van der Waals surface area contributed by atoms with Crippen LogP contribution in [-0.2, 0) is 0 Å². The molecule has 2 nitrogen and oxygen atoms in total. The second kappa shape index (κ2) is 5.27. The molecule has 1 aliphatic carbocycles. The van der Waals surface area contributed by atoms with Crippen molar-refractivity contribution in [3.63, 3.8) is 0 Å². The molecule has 3 unspecified atom stereocenters. The summed E-state index contributed by atoms with van der Waals surface area (Å²) in [6.07, 6.45) is 5.76. The maximum Gasteiger partial charge on any atom is 0.0244 e. The van der Waals surface area contributed by atoms with Gasteiger partial charge in [-0.05, 0) is 24.2 Å². The Labute approximate surface area is 107 Å². The zero-order chi connectivity index (χ0) is 12.5. The minimum absolute atomic E-state index is 0.385. The molecule has 2 rings (SSSR count). The third-order valence-electron chi connectivity index (χ3n) is 4.79. The number of hydrogen-bond donors (Lipinski definition) is 1. The lowest BCUT2D eigenvalue weighted by atomic mass is 9.81. The number of hydrogen-bond acceptors (Lipinski definition) is 2. The fourth-order valence-corrected chi connectivity index (χ4v) is 3.49. The van der Waals surface area contributed by atoms with Gasteiger partial charge in [-0.1, -0.05) is 40.5 Å². The lowest BCUT2D eigenvalue weighted by molar-refractivity contribution is 0.0556. The second-order valence-corrected chi connectivity index (χ2v) is 7.20. The molecule has 3 atom stereocenters. The van der Waals surface area contributed by atoms with E-state index in [-0.39, 0.29) is 0 Å². The molecule has 1 N–H and O–H groups in total. The molecule has 1 saturated heterocycles. The molecule has 17 heavy (non-hydrogen) atoms. The number of nitrogens with zero attached hydrogens (tertiary/aromatic N) is 1. The summed E-state index contributed by atoms with van der Waals surface area (Å²) in [6.45, 7) is 13.2. The van der Waals surface area contributed by atoms with Gasteiger partial charge in [-0.25, -0.2) is 0 Å². The first-order valence-electron chi connectivity index (χ1n) is 7.46. The van der Waals surface area contributed by atoms with Crippen LogP contribution in [-0.4, -0.2) is 36.6 Å². The highest BCUT2D eigenvalue weighted by molar-refractivity contribution is 4.91. The molecule has 0 aromatic rings. The molecule has 2 aliphatic rings. The van der Waals surface area contributed by atoms with Crippen molar-refractivity contribution in [2.24, 2.45) is 11.3 Å². The van der Waals surface area contributed by atoms with Crippen LogP contribution in [0.15, 0.2) is 0 Å². The molecule has 2 heteroatoms. The third-order valence-corrected chi connectivity index (χ3v) is 4.79. The monoisotopic (exact) mass is 238 g/mol. The van der Waals surface area contributed by atoms with Crippen molar-refractivity contribution in [3.05, 3.63) is 0 Å². The molecular weight excluding hydrogens is 208 g/mol. The van der Waals surface area contributed by atoms with Crippen LogP contribution in [0.25, 0.3) is 0 Å². The van der Waals surface area contributed by atoms with Crippen LogP contribution in [0.3, 0.4) is 0 Å². The van der Waals surface area contributed by atoms with Crippen LogP contribution < -0.4 is 5.32 Å². The highest BCUT2D eigenvalue weighted by Crippen LogP contribution is 2.30. The zero-order valence-corrected chi connectivity index (χ0v) is 12.1. The lowest BCUT2D eigenvalue weighted by Gasteiger charge is -2.46. The van der Waals surface area contributed by atoms with Crippen molar-refractivity contribution in [3.8, 4) is 0 Å². The van der Waals surface area contributed by atoms with Crippen LogP contribution in [0.2, 0.25) is 0 Å². The van der Waals surface area contributed by atoms with Gasteiger partial charge in [-0.2, -0.15) is 0 Å². The molecule has 0 aromatic carbocycles. The van der Waals surface area contributed by atoms with Gasteiger partial charge >= 0.3 is 0 Å². The van der Waals surface area contributed by atoms with Gasteiger partial charge in [-0.3, -0.25) is 4.90 Å². The minimum Gasteiger partial charge on any atom is -0.311 e. The van der Waals surface area contributed by atoms with Gasteiger partial charge in [-0.15, -0.1) is 0 Å². The first kappa shape index (κ1) is 13.4. The van der Waals surface area contributed by atoms with Crippen LogP contribution in [0.1, 0.15) is 53.4 Å². The quantitative estimate of drug-likeness (QED) is 0.755. The number of rotatable bonds is 1. The van der Waals surface area contributed by atoms with Gasteiger partial charge in [0.1, 0.15) is 0 Å². The van der Waals surface area contributed by atoms with Crippen LogP contribution >= 0.6 is 0 Å². The summed E-state index contributed by atoms with van der Waals surface area (Å²) in [6, 6.07) is 1.51. The fourth-order valence-electron chi connectivity index (χ4n) is 3.49. The summed E-state index contributed by atoms with van der Waals surface area (Å²) in [5, 5.41) is 3.70. The highest BCUT2D eigenvalue weighted by atomic mass is 15.2. The molecule has 0 radical (unpaired) electrons. The number of nitrogens with one attached hydrogen (secondary N) is 1. The van der Waals surface area contributed by atoms with Crippen molar-refractivity contribution in [2.45, 2.75) is 65.5 Å². The van der Waals surface area contributed by atoms with Crippen LogP contribution in [0.4, 0.5) is 0 Å². The summed E-state index contributed by atoms with van der Waals surface area (Å²) in [5.41, 5.74) is 0.385. The number of piperazine rings is 1. The Morgan fingerprint density at radius 2 is 1.82 bits per heavy atom. The van der Waals surface area contributed by atoms with E-state index in [1.807, 2.05) is 0 Å². The van der Waals surface area contributed by atoms with Gasteiger partial charge in [0.15, 0.2) is 0 Å². The third kappa shape index (κ3) is 3.23. The van der Waals surface area contributed by atoms with E-state index in [1.54, 1.807) is 0 Å². The molecule has 0 amide bonds. The van der Waals surface area contributed by atoms with Crippen molar-refractivity contribution < 1.29 is 0 Å².